The molecule has 0 amide bonds. The Hall–Kier alpha value is -2.44. The topological polar surface area (TPSA) is 58.3 Å². The number of pyridine rings is 1. The van der Waals surface area contributed by atoms with Crippen LogP contribution in [-0.2, 0) is 23.1 Å². The molecule has 1 aliphatic rings. The number of hydrogen-bond donors (Lipinski definition) is 0. The third kappa shape index (κ3) is 3.50. The summed E-state index contributed by atoms with van der Waals surface area (Å²) in [5.41, 5.74) is 5.02. The Labute approximate surface area is 164 Å². The summed E-state index contributed by atoms with van der Waals surface area (Å²) in [6.07, 6.45) is 3.90. The maximum atomic E-state index is 12.0. The number of benzene rings is 1. The molecule has 2 aromatic heterocycles. The Balaban J connectivity index is 1.82. The van der Waals surface area contributed by atoms with Gasteiger partial charge in [-0.25, -0.2) is 4.98 Å². The zero-order chi connectivity index (χ0) is 19.7. The molecule has 0 aliphatic carbocycles. The van der Waals surface area contributed by atoms with Gasteiger partial charge in [-0.1, -0.05) is 6.07 Å². The van der Waals surface area contributed by atoms with Gasteiger partial charge in [0.15, 0.2) is 0 Å². The SMILES string of the molecule is COCCn1c(C2CCOCC2)nc2ccc(-c3cc(C)c(=O)n(C)c3)cc21. The van der Waals surface area contributed by atoms with Crippen molar-refractivity contribution in [2.75, 3.05) is 26.9 Å². The molecule has 0 unspecified atom stereocenters. The smallest absolute Gasteiger partial charge is 0.253 e. The maximum absolute atomic E-state index is 12.0. The summed E-state index contributed by atoms with van der Waals surface area (Å²) in [6.45, 7) is 4.86. The van der Waals surface area contributed by atoms with Gasteiger partial charge in [0.1, 0.15) is 5.82 Å². The molecule has 3 aromatic rings. The molecular weight excluding hydrogens is 354 g/mol. The van der Waals surface area contributed by atoms with E-state index < -0.39 is 0 Å². The molecule has 0 atom stereocenters. The predicted octanol–water partition coefficient (Wildman–Crippen LogP) is 3.25. The second kappa shape index (κ2) is 7.89. The van der Waals surface area contributed by atoms with E-state index in [-0.39, 0.29) is 5.56 Å². The largest absolute Gasteiger partial charge is 0.383 e. The minimum absolute atomic E-state index is 0.0387. The van der Waals surface area contributed by atoms with Crippen LogP contribution in [0.25, 0.3) is 22.2 Å². The van der Waals surface area contributed by atoms with E-state index in [0.29, 0.717) is 12.5 Å². The van der Waals surface area contributed by atoms with Crippen LogP contribution in [0.2, 0.25) is 0 Å². The first-order valence-electron chi connectivity index (χ1n) is 9.83. The summed E-state index contributed by atoms with van der Waals surface area (Å²) < 4.78 is 14.8. The number of ether oxygens (including phenoxy) is 2. The minimum Gasteiger partial charge on any atom is -0.383 e. The monoisotopic (exact) mass is 381 g/mol. The van der Waals surface area contributed by atoms with Crippen LogP contribution in [0.3, 0.4) is 0 Å². The lowest BCUT2D eigenvalue weighted by molar-refractivity contribution is 0.0825. The third-order valence-corrected chi connectivity index (χ3v) is 5.58. The number of aromatic nitrogens is 3. The van der Waals surface area contributed by atoms with Gasteiger partial charge in [-0.15, -0.1) is 0 Å². The molecule has 6 heteroatoms. The van der Waals surface area contributed by atoms with Gasteiger partial charge in [0, 0.05) is 51.6 Å². The standard InChI is InChI=1S/C22H27N3O3/c1-15-12-18(14-24(2)22(15)26)17-4-5-19-20(13-17)25(8-11-27-3)21(23-19)16-6-9-28-10-7-16/h4-5,12-14,16H,6-11H2,1-3H3. The lowest BCUT2D eigenvalue weighted by Gasteiger charge is -2.22. The van der Waals surface area contributed by atoms with E-state index in [1.165, 1.54) is 0 Å². The van der Waals surface area contributed by atoms with Gasteiger partial charge in [0.2, 0.25) is 0 Å². The quantitative estimate of drug-likeness (QED) is 0.681. The van der Waals surface area contributed by atoms with Gasteiger partial charge in [-0.3, -0.25) is 4.79 Å². The molecule has 1 fully saturated rings. The lowest BCUT2D eigenvalue weighted by Crippen LogP contribution is -2.19. The van der Waals surface area contributed by atoms with Crippen LogP contribution in [-0.4, -0.2) is 41.0 Å². The molecule has 0 N–H and O–H groups in total. The Morgan fingerprint density at radius 3 is 2.71 bits per heavy atom. The Morgan fingerprint density at radius 1 is 1.21 bits per heavy atom. The highest BCUT2D eigenvalue weighted by atomic mass is 16.5. The molecule has 0 spiro atoms. The molecule has 148 valence electrons. The highest BCUT2D eigenvalue weighted by molar-refractivity contribution is 5.82. The van der Waals surface area contributed by atoms with E-state index in [0.717, 1.165) is 66.1 Å². The average Bonchev–Trinajstić information content (AvgIpc) is 3.08. The summed E-state index contributed by atoms with van der Waals surface area (Å²) in [4.78, 5) is 17.0. The van der Waals surface area contributed by atoms with Crippen LogP contribution >= 0.6 is 0 Å². The number of nitrogens with zero attached hydrogens (tertiary/aromatic N) is 3. The molecule has 0 bridgehead atoms. The van der Waals surface area contributed by atoms with Crippen LogP contribution in [0.5, 0.6) is 0 Å². The minimum atomic E-state index is 0.0387. The number of methoxy groups -OCH3 is 1. The van der Waals surface area contributed by atoms with E-state index >= 15 is 0 Å². The van der Waals surface area contributed by atoms with Crippen molar-refractivity contribution in [3.05, 3.63) is 52.2 Å². The number of imidazole rings is 1. The van der Waals surface area contributed by atoms with Gasteiger partial charge in [-0.2, -0.15) is 0 Å². The van der Waals surface area contributed by atoms with E-state index in [1.54, 1.807) is 18.7 Å². The molecule has 6 nitrogen and oxygen atoms in total. The Morgan fingerprint density at radius 2 is 2.00 bits per heavy atom. The van der Waals surface area contributed by atoms with Crippen molar-refractivity contribution in [3.8, 4) is 11.1 Å². The van der Waals surface area contributed by atoms with Crippen LogP contribution in [0, 0.1) is 6.92 Å². The average molecular weight is 381 g/mol. The van der Waals surface area contributed by atoms with Gasteiger partial charge in [-0.05, 0) is 49.1 Å². The van der Waals surface area contributed by atoms with Crippen molar-refractivity contribution in [2.24, 2.45) is 7.05 Å². The van der Waals surface area contributed by atoms with E-state index in [4.69, 9.17) is 14.5 Å². The van der Waals surface area contributed by atoms with Crippen molar-refractivity contribution in [2.45, 2.75) is 32.2 Å². The normalized spacial score (nSPS) is 15.4. The summed E-state index contributed by atoms with van der Waals surface area (Å²) in [7, 11) is 3.52. The second-order valence-electron chi connectivity index (χ2n) is 7.53. The van der Waals surface area contributed by atoms with Gasteiger partial charge in [0.25, 0.3) is 5.56 Å². The van der Waals surface area contributed by atoms with Crippen molar-refractivity contribution in [1.82, 2.24) is 14.1 Å². The summed E-state index contributed by atoms with van der Waals surface area (Å²) in [6, 6.07) is 8.30. The fraction of sp³-hybridized carbons (Fsp3) is 0.455. The first kappa shape index (κ1) is 18.9. The van der Waals surface area contributed by atoms with Crippen molar-refractivity contribution < 1.29 is 9.47 Å². The number of rotatable bonds is 5. The van der Waals surface area contributed by atoms with Crippen molar-refractivity contribution in [3.63, 3.8) is 0 Å². The van der Waals surface area contributed by atoms with Crippen LogP contribution in [0.1, 0.15) is 30.1 Å². The molecule has 0 saturated carbocycles. The molecule has 1 saturated heterocycles. The molecule has 0 radical (unpaired) electrons. The predicted molar refractivity (Wildman–Crippen MR) is 110 cm³/mol. The molecule has 1 aliphatic heterocycles. The van der Waals surface area contributed by atoms with Crippen molar-refractivity contribution >= 4 is 11.0 Å². The maximum Gasteiger partial charge on any atom is 0.253 e. The van der Waals surface area contributed by atoms with E-state index in [9.17, 15) is 4.79 Å². The molecule has 3 heterocycles. The first-order valence-corrected chi connectivity index (χ1v) is 9.83. The molecular formula is C22H27N3O3. The number of aryl methyl sites for hydroxylation is 2. The fourth-order valence-electron chi connectivity index (χ4n) is 4.04. The number of fused-ring (bicyclic) bond motifs is 1. The number of hydrogen-bond acceptors (Lipinski definition) is 4. The molecule has 28 heavy (non-hydrogen) atoms. The zero-order valence-corrected chi connectivity index (χ0v) is 16.8. The van der Waals surface area contributed by atoms with Gasteiger partial charge in [0.05, 0.1) is 17.6 Å². The first-order chi connectivity index (χ1) is 13.6. The van der Waals surface area contributed by atoms with Gasteiger partial charge >= 0.3 is 0 Å². The summed E-state index contributed by atoms with van der Waals surface area (Å²) in [5.74, 6) is 1.55. The van der Waals surface area contributed by atoms with Crippen LogP contribution < -0.4 is 5.56 Å². The summed E-state index contributed by atoms with van der Waals surface area (Å²) in [5, 5.41) is 0. The molecule has 4 rings (SSSR count). The van der Waals surface area contributed by atoms with Gasteiger partial charge < -0.3 is 18.6 Å². The lowest BCUT2D eigenvalue weighted by atomic mass is 9.99. The fourth-order valence-corrected chi connectivity index (χ4v) is 4.04. The van der Waals surface area contributed by atoms with E-state index in [2.05, 4.69) is 22.8 Å². The van der Waals surface area contributed by atoms with E-state index in [1.807, 2.05) is 19.2 Å². The molecule has 1 aromatic carbocycles. The van der Waals surface area contributed by atoms with Crippen LogP contribution in [0.15, 0.2) is 35.3 Å². The third-order valence-electron chi connectivity index (χ3n) is 5.58. The van der Waals surface area contributed by atoms with Crippen molar-refractivity contribution in [1.29, 1.82) is 0 Å². The highest BCUT2D eigenvalue weighted by Gasteiger charge is 2.23. The second-order valence-corrected chi connectivity index (χ2v) is 7.53. The summed E-state index contributed by atoms with van der Waals surface area (Å²) >= 11 is 0. The van der Waals surface area contributed by atoms with Crippen LogP contribution in [0.4, 0.5) is 0 Å². The highest BCUT2D eigenvalue weighted by Crippen LogP contribution is 2.31. The Bertz CT molecular complexity index is 1020. The Kier molecular flexibility index (Phi) is 5.33. The zero-order valence-electron chi connectivity index (χ0n) is 16.8.